The minimum absolute atomic E-state index is 0.0641. The molecule has 26 heavy (non-hydrogen) atoms. The van der Waals surface area contributed by atoms with Gasteiger partial charge in [0.15, 0.2) is 5.76 Å². The van der Waals surface area contributed by atoms with Crippen LogP contribution in [0.2, 0.25) is 0 Å². The van der Waals surface area contributed by atoms with Crippen LogP contribution in [-0.2, 0) is 4.74 Å². The van der Waals surface area contributed by atoms with Crippen molar-refractivity contribution in [2.24, 2.45) is 0 Å². The average Bonchev–Trinajstić information content (AvgIpc) is 2.68. The molecule has 1 amide bonds. The van der Waals surface area contributed by atoms with Crippen LogP contribution >= 0.6 is 0 Å². The molecule has 1 aliphatic rings. The van der Waals surface area contributed by atoms with Crippen molar-refractivity contribution in [3.8, 4) is 0 Å². The fourth-order valence-electron chi connectivity index (χ4n) is 3.29. The molecule has 1 saturated heterocycles. The number of rotatable bonds is 2. The predicted molar refractivity (Wildman–Crippen MR) is 98.1 cm³/mol. The average molecular weight is 349 g/mol. The smallest absolute Gasteiger partial charge is 0.344 e. The van der Waals surface area contributed by atoms with Gasteiger partial charge in [-0.3, -0.25) is 4.79 Å². The first-order chi connectivity index (χ1) is 12.6. The Labute approximate surface area is 150 Å². The minimum atomic E-state index is -0.494. The normalized spacial score (nSPS) is 20.3. The Balaban J connectivity index is 1.65. The zero-order valence-corrected chi connectivity index (χ0v) is 14.4. The standard InChI is InChI=1S/C21H19NO4/c1-14-13-25-19(15-7-3-2-4-8-15)12-22(14)20(23)18-11-16-9-5-6-10-17(16)21(24)26-18/h2-11,14,19H,12-13H2,1H3. The molecule has 2 unspecified atom stereocenters. The van der Waals surface area contributed by atoms with Crippen molar-refractivity contribution in [3.05, 3.63) is 82.4 Å². The van der Waals surface area contributed by atoms with Crippen LogP contribution in [-0.4, -0.2) is 30.0 Å². The molecule has 0 spiro atoms. The third-order valence-corrected chi connectivity index (χ3v) is 4.75. The van der Waals surface area contributed by atoms with Crippen molar-refractivity contribution in [2.75, 3.05) is 13.2 Å². The molecule has 0 aliphatic carbocycles. The number of morpholine rings is 1. The summed E-state index contributed by atoms with van der Waals surface area (Å²) in [6.45, 7) is 2.78. The van der Waals surface area contributed by atoms with E-state index in [2.05, 4.69) is 0 Å². The number of benzene rings is 2. The fourth-order valence-corrected chi connectivity index (χ4v) is 3.29. The van der Waals surface area contributed by atoms with Gasteiger partial charge in [-0.1, -0.05) is 48.5 Å². The maximum Gasteiger partial charge on any atom is 0.344 e. The van der Waals surface area contributed by atoms with Crippen LogP contribution in [0, 0.1) is 0 Å². The van der Waals surface area contributed by atoms with Crippen molar-refractivity contribution in [3.63, 3.8) is 0 Å². The van der Waals surface area contributed by atoms with Crippen LogP contribution in [0.1, 0.15) is 29.1 Å². The molecule has 2 heterocycles. The lowest BCUT2D eigenvalue weighted by Crippen LogP contribution is -2.48. The van der Waals surface area contributed by atoms with Crippen LogP contribution in [0.25, 0.3) is 10.8 Å². The van der Waals surface area contributed by atoms with Crippen molar-refractivity contribution in [2.45, 2.75) is 19.1 Å². The highest BCUT2D eigenvalue weighted by Gasteiger charge is 2.32. The summed E-state index contributed by atoms with van der Waals surface area (Å²) >= 11 is 0. The molecule has 0 radical (unpaired) electrons. The molecule has 3 aromatic rings. The van der Waals surface area contributed by atoms with Crippen molar-refractivity contribution in [1.29, 1.82) is 0 Å². The Bertz CT molecular complexity index is 996. The molecule has 0 bridgehead atoms. The van der Waals surface area contributed by atoms with E-state index in [1.807, 2.05) is 43.3 Å². The summed E-state index contributed by atoms with van der Waals surface area (Å²) in [7, 11) is 0. The number of hydrogen-bond donors (Lipinski definition) is 0. The Kier molecular flexibility index (Phi) is 4.31. The quantitative estimate of drug-likeness (QED) is 0.711. The Morgan fingerprint density at radius 3 is 2.62 bits per heavy atom. The minimum Gasteiger partial charge on any atom is -0.417 e. The summed E-state index contributed by atoms with van der Waals surface area (Å²) < 4.78 is 11.2. The number of ether oxygens (including phenoxy) is 1. The third-order valence-electron chi connectivity index (χ3n) is 4.75. The number of fused-ring (bicyclic) bond motifs is 1. The van der Waals surface area contributed by atoms with Crippen LogP contribution in [0.15, 0.2) is 69.9 Å². The molecule has 4 rings (SSSR count). The van der Waals surface area contributed by atoms with Crippen LogP contribution in [0.3, 0.4) is 0 Å². The van der Waals surface area contributed by atoms with Gasteiger partial charge < -0.3 is 14.1 Å². The summed E-state index contributed by atoms with van der Waals surface area (Å²) in [4.78, 5) is 26.9. The van der Waals surface area contributed by atoms with Gasteiger partial charge in [-0.2, -0.15) is 0 Å². The van der Waals surface area contributed by atoms with Crippen molar-refractivity contribution < 1.29 is 13.9 Å². The second kappa shape index (κ2) is 6.77. The summed E-state index contributed by atoms with van der Waals surface area (Å²) in [5.74, 6) is -0.223. The van der Waals surface area contributed by atoms with Gasteiger partial charge in [0.05, 0.1) is 24.6 Å². The Morgan fingerprint density at radius 2 is 1.81 bits per heavy atom. The first-order valence-electron chi connectivity index (χ1n) is 8.64. The molecular formula is C21H19NO4. The first kappa shape index (κ1) is 16.5. The van der Waals surface area contributed by atoms with Crippen LogP contribution in [0.4, 0.5) is 0 Å². The molecule has 5 heteroatoms. The van der Waals surface area contributed by atoms with Gasteiger partial charge in [-0.15, -0.1) is 0 Å². The number of carbonyl (C=O) groups excluding carboxylic acids is 1. The van der Waals surface area contributed by atoms with Crippen molar-refractivity contribution >= 4 is 16.7 Å². The zero-order valence-electron chi connectivity index (χ0n) is 14.4. The molecule has 0 saturated carbocycles. The van der Waals surface area contributed by atoms with E-state index in [4.69, 9.17) is 9.15 Å². The van der Waals surface area contributed by atoms with Gasteiger partial charge >= 0.3 is 5.63 Å². The van der Waals surface area contributed by atoms with E-state index < -0.39 is 5.63 Å². The van der Waals surface area contributed by atoms with Crippen molar-refractivity contribution in [1.82, 2.24) is 4.90 Å². The molecule has 1 aromatic heterocycles. The van der Waals surface area contributed by atoms with Gasteiger partial charge in [-0.25, -0.2) is 4.79 Å². The molecular weight excluding hydrogens is 330 g/mol. The Hall–Kier alpha value is -2.92. The molecule has 5 nitrogen and oxygen atoms in total. The molecule has 2 atom stereocenters. The van der Waals surface area contributed by atoms with E-state index >= 15 is 0 Å². The van der Waals surface area contributed by atoms with Crippen LogP contribution < -0.4 is 5.63 Å². The lowest BCUT2D eigenvalue weighted by molar-refractivity contribution is -0.0496. The summed E-state index contributed by atoms with van der Waals surface area (Å²) in [6, 6.07) is 18.5. The van der Waals surface area contributed by atoms with Gasteiger partial charge in [-0.05, 0) is 30.0 Å². The van der Waals surface area contributed by atoms with E-state index in [-0.39, 0.29) is 23.8 Å². The second-order valence-electron chi connectivity index (χ2n) is 6.52. The highest BCUT2D eigenvalue weighted by molar-refractivity contribution is 5.95. The largest absolute Gasteiger partial charge is 0.417 e. The maximum atomic E-state index is 13.0. The lowest BCUT2D eigenvalue weighted by Gasteiger charge is -2.37. The Morgan fingerprint density at radius 1 is 1.08 bits per heavy atom. The van der Waals surface area contributed by atoms with E-state index in [1.165, 1.54) is 0 Å². The fraction of sp³-hybridized carbons (Fsp3) is 0.238. The SMILES string of the molecule is CC1COC(c2ccccc2)CN1C(=O)c1cc2ccccc2c(=O)o1. The summed E-state index contributed by atoms with van der Waals surface area (Å²) in [6.07, 6.45) is -0.191. The highest BCUT2D eigenvalue weighted by atomic mass is 16.5. The third kappa shape index (κ3) is 3.02. The molecule has 1 aliphatic heterocycles. The zero-order chi connectivity index (χ0) is 18.1. The maximum absolute atomic E-state index is 13.0. The number of hydrogen-bond acceptors (Lipinski definition) is 4. The van der Waals surface area contributed by atoms with E-state index in [9.17, 15) is 9.59 Å². The van der Waals surface area contributed by atoms with E-state index in [0.717, 1.165) is 5.56 Å². The van der Waals surface area contributed by atoms with Gasteiger partial charge in [0, 0.05) is 0 Å². The van der Waals surface area contributed by atoms with Gasteiger partial charge in [0.1, 0.15) is 6.10 Å². The lowest BCUT2D eigenvalue weighted by atomic mass is 10.1. The van der Waals surface area contributed by atoms with Crippen LogP contribution in [0.5, 0.6) is 0 Å². The summed E-state index contributed by atoms with van der Waals surface area (Å²) in [5.41, 5.74) is 0.532. The number of carbonyl (C=O) groups is 1. The molecule has 0 N–H and O–H groups in total. The topological polar surface area (TPSA) is 59.8 Å². The predicted octanol–water partition coefficient (Wildman–Crippen LogP) is 3.40. The second-order valence-corrected chi connectivity index (χ2v) is 6.52. The molecule has 1 fully saturated rings. The summed E-state index contributed by atoms with van der Waals surface area (Å²) in [5, 5.41) is 1.17. The number of nitrogens with zero attached hydrogens (tertiary/aromatic N) is 1. The highest BCUT2D eigenvalue weighted by Crippen LogP contribution is 2.26. The number of amides is 1. The molecule has 132 valence electrons. The van der Waals surface area contributed by atoms with E-state index in [0.29, 0.717) is 23.9 Å². The van der Waals surface area contributed by atoms with Gasteiger partial charge in [0.2, 0.25) is 0 Å². The van der Waals surface area contributed by atoms with Gasteiger partial charge in [0.25, 0.3) is 5.91 Å². The monoisotopic (exact) mass is 349 g/mol. The molecule has 2 aromatic carbocycles. The first-order valence-corrected chi connectivity index (χ1v) is 8.64. The van der Waals surface area contributed by atoms with E-state index in [1.54, 1.807) is 29.2 Å².